The van der Waals surface area contributed by atoms with Crippen LogP contribution in [0, 0.1) is 0 Å². The van der Waals surface area contributed by atoms with Crippen LogP contribution in [0.15, 0.2) is 106 Å². The van der Waals surface area contributed by atoms with Crippen LogP contribution in [0.1, 0.15) is 26.3 Å². The van der Waals surface area contributed by atoms with Gasteiger partial charge in [0.25, 0.3) is 0 Å². The number of fused-ring (bicyclic) bond motifs is 8. The number of aromatic nitrogens is 1. The number of hydrogen-bond donors (Lipinski definition) is 0. The van der Waals surface area contributed by atoms with Gasteiger partial charge in [0.2, 0.25) is 5.43 Å². The zero-order valence-electron chi connectivity index (χ0n) is 21.9. The fourth-order valence-corrected chi connectivity index (χ4v) is 7.17. The lowest BCUT2D eigenvalue weighted by Crippen LogP contribution is -2.11. The van der Waals surface area contributed by atoms with Gasteiger partial charge in [0.1, 0.15) is 11.2 Å². The third-order valence-electron chi connectivity index (χ3n) is 7.96. The molecule has 39 heavy (non-hydrogen) atoms. The van der Waals surface area contributed by atoms with Crippen LogP contribution >= 0.6 is 11.3 Å². The first-order valence-electron chi connectivity index (χ1n) is 13.2. The zero-order chi connectivity index (χ0) is 26.5. The van der Waals surface area contributed by atoms with E-state index in [0.29, 0.717) is 21.9 Å². The van der Waals surface area contributed by atoms with Gasteiger partial charge < -0.3 is 8.98 Å². The van der Waals surface area contributed by atoms with Crippen LogP contribution in [0.25, 0.3) is 69.6 Å². The predicted octanol–water partition coefficient (Wildman–Crippen LogP) is 9.71. The minimum absolute atomic E-state index is 0.0199. The average Bonchev–Trinajstić information content (AvgIpc) is 3.47. The summed E-state index contributed by atoms with van der Waals surface area (Å²) in [4.78, 5) is 13.6. The molecular formula is C35H25NO2S. The second-order valence-corrected chi connectivity index (χ2v) is 12.4. The van der Waals surface area contributed by atoms with E-state index in [2.05, 4.69) is 98.1 Å². The molecule has 0 N–H and O–H groups in total. The number of hydrogen-bond acceptors (Lipinski definition) is 3. The molecule has 3 nitrogen and oxygen atoms in total. The summed E-state index contributed by atoms with van der Waals surface area (Å²) in [5.74, 6) is 0. The molecule has 3 heterocycles. The quantitative estimate of drug-likeness (QED) is 0.201. The van der Waals surface area contributed by atoms with Crippen LogP contribution in [-0.2, 0) is 5.41 Å². The van der Waals surface area contributed by atoms with Crippen molar-refractivity contribution in [2.24, 2.45) is 0 Å². The molecule has 8 aromatic rings. The number of benzene rings is 5. The van der Waals surface area contributed by atoms with Crippen LogP contribution in [0.5, 0.6) is 0 Å². The van der Waals surface area contributed by atoms with Crippen molar-refractivity contribution in [2.45, 2.75) is 26.2 Å². The van der Waals surface area contributed by atoms with E-state index in [0.717, 1.165) is 26.7 Å². The molecule has 8 rings (SSSR count). The Morgan fingerprint density at radius 1 is 0.641 bits per heavy atom. The number of rotatable bonds is 1. The summed E-state index contributed by atoms with van der Waals surface area (Å²) < 4.78 is 11.1. The van der Waals surface area contributed by atoms with Crippen molar-refractivity contribution in [3.8, 4) is 5.69 Å². The second kappa shape index (κ2) is 7.81. The van der Waals surface area contributed by atoms with Gasteiger partial charge in [-0.15, -0.1) is 11.3 Å². The van der Waals surface area contributed by atoms with Crippen molar-refractivity contribution in [3.63, 3.8) is 0 Å². The zero-order valence-corrected chi connectivity index (χ0v) is 22.7. The molecule has 0 unspecified atom stereocenters. The fourth-order valence-electron chi connectivity index (χ4n) is 5.95. The molecule has 0 amide bonds. The lowest BCUT2D eigenvalue weighted by Gasteiger charge is -2.19. The maximum absolute atomic E-state index is 13.6. The minimum atomic E-state index is -0.0274. The normalized spacial score (nSPS) is 12.6. The molecule has 0 radical (unpaired) electrons. The number of nitrogens with zero attached hydrogens (tertiary/aromatic N) is 1. The molecule has 188 valence electrons. The highest BCUT2D eigenvalue weighted by atomic mass is 32.1. The summed E-state index contributed by atoms with van der Waals surface area (Å²) in [6.07, 6.45) is 0. The molecule has 0 spiro atoms. The summed E-state index contributed by atoms with van der Waals surface area (Å²) >= 11 is 1.75. The van der Waals surface area contributed by atoms with Gasteiger partial charge in [0.15, 0.2) is 0 Å². The SMILES string of the molecule is CC(C)(C)c1ccc2c(=O)c3cc4c(cc3oc2c1)sc1c(-n2c3ccccc3c3ccccc32)cccc14. The lowest BCUT2D eigenvalue weighted by molar-refractivity contribution is 0.587. The summed E-state index contributed by atoms with van der Waals surface area (Å²) in [6, 6.07) is 33.7. The van der Waals surface area contributed by atoms with Crippen LogP contribution in [0.3, 0.4) is 0 Å². The second-order valence-electron chi connectivity index (χ2n) is 11.4. The summed E-state index contributed by atoms with van der Waals surface area (Å²) in [5, 5.41) is 5.98. The topological polar surface area (TPSA) is 35.1 Å². The Hall–Kier alpha value is -4.41. The van der Waals surface area contributed by atoms with Gasteiger partial charge in [0, 0.05) is 26.2 Å². The van der Waals surface area contributed by atoms with Crippen LogP contribution in [-0.4, -0.2) is 4.57 Å². The van der Waals surface area contributed by atoms with E-state index >= 15 is 0 Å². The van der Waals surface area contributed by atoms with Crippen molar-refractivity contribution in [1.29, 1.82) is 0 Å². The minimum Gasteiger partial charge on any atom is -0.456 e. The molecule has 0 saturated carbocycles. The first-order chi connectivity index (χ1) is 18.9. The van der Waals surface area contributed by atoms with Gasteiger partial charge >= 0.3 is 0 Å². The Bertz CT molecular complexity index is 2290. The molecule has 0 fully saturated rings. The molecule has 4 heteroatoms. The van der Waals surface area contributed by atoms with E-state index < -0.39 is 0 Å². The monoisotopic (exact) mass is 523 g/mol. The molecular weight excluding hydrogens is 498 g/mol. The van der Waals surface area contributed by atoms with E-state index in [-0.39, 0.29) is 10.8 Å². The first-order valence-corrected chi connectivity index (χ1v) is 14.0. The average molecular weight is 524 g/mol. The van der Waals surface area contributed by atoms with Crippen molar-refractivity contribution in [3.05, 3.63) is 113 Å². The van der Waals surface area contributed by atoms with Gasteiger partial charge in [-0.25, -0.2) is 0 Å². The van der Waals surface area contributed by atoms with E-state index in [4.69, 9.17) is 4.42 Å². The molecule has 0 aliphatic carbocycles. The van der Waals surface area contributed by atoms with Gasteiger partial charge in [-0.3, -0.25) is 4.79 Å². The Morgan fingerprint density at radius 2 is 1.31 bits per heavy atom. The number of para-hydroxylation sites is 2. The van der Waals surface area contributed by atoms with Gasteiger partial charge in [-0.2, -0.15) is 0 Å². The van der Waals surface area contributed by atoms with Crippen molar-refractivity contribution in [2.75, 3.05) is 0 Å². The standard InChI is InChI=1S/C35H25NO2S/c1-35(2,3)20-15-16-24-30(17-20)38-31-19-32-25(18-26(31)33(24)37)23-11-8-14-29(34(23)39-32)36-27-12-6-4-9-21(27)22-10-5-7-13-28(22)36/h4-19H,1-3H3. The lowest BCUT2D eigenvalue weighted by atomic mass is 9.86. The largest absolute Gasteiger partial charge is 0.456 e. The highest BCUT2D eigenvalue weighted by Gasteiger charge is 2.19. The highest BCUT2D eigenvalue weighted by Crippen LogP contribution is 2.42. The Morgan fingerprint density at radius 3 is 2.03 bits per heavy atom. The summed E-state index contributed by atoms with van der Waals surface area (Å²) in [5.41, 5.74) is 5.94. The van der Waals surface area contributed by atoms with Crippen LogP contribution in [0.4, 0.5) is 0 Å². The molecule has 3 aromatic heterocycles. The van der Waals surface area contributed by atoms with E-state index in [1.807, 2.05) is 24.3 Å². The first kappa shape index (κ1) is 22.6. The van der Waals surface area contributed by atoms with E-state index in [1.165, 1.54) is 26.5 Å². The van der Waals surface area contributed by atoms with E-state index in [9.17, 15) is 4.79 Å². The Labute approximate surface area is 228 Å². The summed E-state index contributed by atoms with van der Waals surface area (Å²) in [6.45, 7) is 6.51. The van der Waals surface area contributed by atoms with Gasteiger partial charge in [0.05, 0.1) is 32.2 Å². The van der Waals surface area contributed by atoms with Crippen molar-refractivity contribution < 1.29 is 4.42 Å². The number of thiophene rings is 1. The van der Waals surface area contributed by atoms with Crippen LogP contribution in [0.2, 0.25) is 0 Å². The maximum atomic E-state index is 13.6. The molecule has 5 aromatic carbocycles. The third kappa shape index (κ3) is 3.18. The molecule has 0 aliphatic rings. The van der Waals surface area contributed by atoms with Gasteiger partial charge in [-0.05, 0) is 53.4 Å². The maximum Gasteiger partial charge on any atom is 0.200 e. The molecule has 0 aliphatic heterocycles. The fraction of sp³-hybridized carbons (Fsp3) is 0.114. The van der Waals surface area contributed by atoms with Crippen LogP contribution < -0.4 is 5.43 Å². The predicted molar refractivity (Wildman–Crippen MR) is 166 cm³/mol. The third-order valence-corrected chi connectivity index (χ3v) is 9.15. The molecule has 0 atom stereocenters. The Kier molecular flexibility index (Phi) is 4.52. The molecule has 0 saturated heterocycles. The van der Waals surface area contributed by atoms with Crippen molar-refractivity contribution >= 4 is 75.3 Å². The summed E-state index contributed by atoms with van der Waals surface area (Å²) in [7, 11) is 0. The van der Waals surface area contributed by atoms with E-state index in [1.54, 1.807) is 11.3 Å². The Balaban J connectivity index is 1.45. The smallest absolute Gasteiger partial charge is 0.200 e. The van der Waals surface area contributed by atoms with Gasteiger partial charge in [-0.1, -0.05) is 75.4 Å². The van der Waals surface area contributed by atoms with Crippen molar-refractivity contribution in [1.82, 2.24) is 4.57 Å². The highest BCUT2D eigenvalue weighted by molar-refractivity contribution is 7.26. The molecule has 0 bridgehead atoms.